The average molecular weight is 638 g/mol. The number of oxime groups is 1. The summed E-state index contributed by atoms with van der Waals surface area (Å²) in [6.07, 6.45) is 5.28. The predicted molar refractivity (Wildman–Crippen MR) is 155 cm³/mol. The van der Waals surface area contributed by atoms with Gasteiger partial charge in [0.15, 0.2) is 36.4 Å². The van der Waals surface area contributed by atoms with Gasteiger partial charge in [0.25, 0.3) is 0 Å². The van der Waals surface area contributed by atoms with Gasteiger partial charge in [-0.3, -0.25) is 0 Å². The van der Waals surface area contributed by atoms with E-state index in [1.54, 1.807) is 0 Å². The lowest BCUT2D eigenvalue weighted by atomic mass is 9.58. The van der Waals surface area contributed by atoms with Gasteiger partial charge in [-0.25, -0.2) is 19.6 Å². The minimum atomic E-state index is -0.852. The minimum absolute atomic E-state index is 0.0117. The fourth-order valence-electron chi connectivity index (χ4n) is 10.6. The summed E-state index contributed by atoms with van der Waals surface area (Å²) < 4.78 is 38.6. The molecule has 0 radical (unpaired) electrons. The molecule has 8 aliphatic heterocycles. The van der Waals surface area contributed by atoms with Crippen LogP contribution < -0.4 is 0 Å². The second kappa shape index (κ2) is 11.0. The Labute approximate surface area is 265 Å². The van der Waals surface area contributed by atoms with Gasteiger partial charge in [0, 0.05) is 36.5 Å². The van der Waals surface area contributed by atoms with Crippen LogP contribution in [-0.4, -0.2) is 72.1 Å². The molecule has 16 atom stereocenters. The molecule has 8 saturated heterocycles. The number of ether oxygens (including phenoxy) is 6. The highest BCUT2D eigenvalue weighted by Crippen LogP contribution is 2.62. The summed E-state index contributed by atoms with van der Waals surface area (Å²) in [5, 5.41) is 13.5. The molecule has 10 rings (SSSR count). The van der Waals surface area contributed by atoms with E-state index in [9.17, 15) is 5.21 Å². The second-order valence-electron chi connectivity index (χ2n) is 15.8. The van der Waals surface area contributed by atoms with E-state index in [2.05, 4.69) is 32.9 Å². The Morgan fingerprint density at radius 1 is 0.644 bits per heavy atom. The molecular formula is C33H51NO11. The zero-order valence-electron chi connectivity index (χ0n) is 27.5. The molecule has 45 heavy (non-hydrogen) atoms. The van der Waals surface area contributed by atoms with Gasteiger partial charge in [0.05, 0.1) is 13.2 Å². The van der Waals surface area contributed by atoms with Crippen LogP contribution in [0.1, 0.15) is 92.9 Å². The van der Waals surface area contributed by atoms with Crippen LogP contribution in [0, 0.1) is 47.3 Å². The Hall–Kier alpha value is -0.930. The molecule has 4 unspecified atom stereocenters. The highest BCUT2D eigenvalue weighted by Gasteiger charge is 2.71. The highest BCUT2D eigenvalue weighted by atomic mass is 17.3. The van der Waals surface area contributed by atoms with Crippen molar-refractivity contribution >= 4 is 5.71 Å². The second-order valence-corrected chi connectivity index (χ2v) is 15.8. The maximum Gasteiger partial charge on any atom is 0.201 e. The maximum absolute atomic E-state index is 9.97. The van der Waals surface area contributed by atoms with E-state index in [1.165, 1.54) is 0 Å². The van der Waals surface area contributed by atoms with Crippen LogP contribution in [0.5, 0.6) is 0 Å². The molecule has 12 heteroatoms. The first-order valence-corrected chi connectivity index (χ1v) is 17.3. The van der Waals surface area contributed by atoms with E-state index in [1.807, 2.05) is 13.8 Å². The van der Waals surface area contributed by atoms with E-state index in [0.717, 1.165) is 51.4 Å². The third-order valence-electron chi connectivity index (χ3n) is 13.2. The number of rotatable bonds is 6. The molecule has 1 N–H and O–H groups in total. The van der Waals surface area contributed by atoms with Crippen LogP contribution in [-0.2, 0) is 48.0 Å². The van der Waals surface area contributed by atoms with E-state index in [0.29, 0.717) is 17.5 Å². The summed E-state index contributed by atoms with van der Waals surface area (Å²) >= 11 is 0. The molecule has 12 nitrogen and oxygen atoms in total. The largest absolute Gasteiger partial charge is 0.411 e. The fourth-order valence-corrected chi connectivity index (χ4v) is 10.6. The number of fused-ring (bicyclic) bond motifs is 4. The molecule has 2 saturated carbocycles. The summed E-state index contributed by atoms with van der Waals surface area (Å²) in [5.41, 5.74) is -0.967. The molecule has 0 aromatic rings. The Morgan fingerprint density at radius 2 is 1.09 bits per heavy atom. The van der Waals surface area contributed by atoms with Crippen LogP contribution in [0.25, 0.3) is 0 Å². The molecule has 0 amide bonds. The molecule has 0 aromatic heterocycles. The minimum Gasteiger partial charge on any atom is -0.411 e. The summed E-state index contributed by atoms with van der Waals surface area (Å²) in [4.78, 5) is 24.3. The van der Waals surface area contributed by atoms with Crippen molar-refractivity contribution in [2.75, 3.05) is 13.2 Å². The average Bonchev–Trinajstić information content (AvgIpc) is 3.39. The molecular weight excluding hydrogens is 586 g/mol. The number of hydrogen-bond donors (Lipinski definition) is 1. The van der Waals surface area contributed by atoms with Crippen molar-refractivity contribution in [2.45, 2.75) is 141 Å². The quantitative estimate of drug-likeness (QED) is 0.177. The first-order valence-electron chi connectivity index (χ1n) is 17.3. The predicted octanol–water partition coefficient (Wildman–Crippen LogP) is 5.27. The first kappa shape index (κ1) is 31.3. The maximum atomic E-state index is 9.97. The summed E-state index contributed by atoms with van der Waals surface area (Å²) in [6.45, 7) is 12.8. The van der Waals surface area contributed by atoms with Gasteiger partial charge >= 0.3 is 0 Å². The van der Waals surface area contributed by atoms with Crippen LogP contribution in [0.4, 0.5) is 0 Å². The van der Waals surface area contributed by atoms with E-state index in [-0.39, 0.29) is 48.7 Å². The van der Waals surface area contributed by atoms with Crippen molar-refractivity contribution in [3.63, 3.8) is 0 Å². The Balaban J connectivity index is 0.936. The lowest BCUT2D eigenvalue weighted by molar-refractivity contribution is -0.577. The number of nitrogens with zero attached hydrogens (tertiary/aromatic N) is 1. The van der Waals surface area contributed by atoms with Crippen molar-refractivity contribution in [3.8, 4) is 0 Å². The van der Waals surface area contributed by atoms with Gasteiger partial charge in [0.1, 0.15) is 5.71 Å². The van der Waals surface area contributed by atoms with E-state index >= 15 is 0 Å². The van der Waals surface area contributed by atoms with Crippen molar-refractivity contribution < 1.29 is 53.2 Å². The summed E-state index contributed by atoms with van der Waals surface area (Å²) in [5.74, 6) is 0.135. The zero-order valence-corrected chi connectivity index (χ0v) is 27.5. The normalized spacial score (nSPS) is 56.5. The fraction of sp³-hybridized carbons (Fsp3) is 0.970. The standard InChI is InChI=1S/C33H51NO11/c1-17-7-9-24-19(3)26(38-28-32(24)22(17)11-13-30(5,40-28)42-44-32)36-15-21(34-35)16-37-27-20(4)25-10-8-18(2)23-12-14-31(6)41-29(39-27)33(23,25)45-43-31/h17-20,22-29,35H,7-16H2,1-6H3/t17-,18-,19-,20-,22+,23+,24+,25+,26?,27?,28?,29?,30-,31-,32-,33-/m1/s1. The Kier molecular flexibility index (Phi) is 7.69. The Morgan fingerprint density at radius 3 is 1.51 bits per heavy atom. The molecule has 10 aliphatic rings. The van der Waals surface area contributed by atoms with Gasteiger partial charge in [-0.1, -0.05) is 32.9 Å². The lowest BCUT2D eigenvalue weighted by Crippen LogP contribution is -2.70. The smallest absolute Gasteiger partial charge is 0.201 e. The Bertz CT molecular complexity index is 1090. The molecule has 4 bridgehead atoms. The highest BCUT2D eigenvalue weighted by molar-refractivity contribution is 5.86. The van der Waals surface area contributed by atoms with Crippen molar-refractivity contribution in [2.24, 2.45) is 52.5 Å². The first-order chi connectivity index (χ1) is 21.5. The van der Waals surface area contributed by atoms with Gasteiger partial charge in [-0.2, -0.15) is 0 Å². The van der Waals surface area contributed by atoms with Crippen LogP contribution >= 0.6 is 0 Å². The molecule has 0 aromatic carbocycles. The van der Waals surface area contributed by atoms with Crippen LogP contribution in [0.15, 0.2) is 5.16 Å². The lowest BCUT2D eigenvalue weighted by Gasteiger charge is -2.60. The topological polar surface area (TPSA) is 125 Å². The molecule has 8 heterocycles. The summed E-state index contributed by atoms with van der Waals surface area (Å²) in [7, 11) is 0. The molecule has 2 aliphatic carbocycles. The third kappa shape index (κ3) is 4.64. The number of hydrogen-bond acceptors (Lipinski definition) is 12. The molecule has 10 fully saturated rings. The van der Waals surface area contributed by atoms with Gasteiger partial charge in [-0.05, 0) is 76.0 Å². The molecule has 2 spiro atoms. The van der Waals surface area contributed by atoms with E-state index < -0.39 is 47.9 Å². The van der Waals surface area contributed by atoms with Crippen molar-refractivity contribution in [3.05, 3.63) is 0 Å². The zero-order chi connectivity index (χ0) is 31.4. The SMILES string of the molecule is C[C@@H]1CC[C@H]2[C@@H](C)C(OCC(COC3OC4O[C@@]5(C)CC[C@H]6[C@H](C)CC[C@@H]([C@H]3C)[C@@]46OO5)=NO)OC3O[C@@]4(C)CC[C@@H]1[C@]32OO4. The van der Waals surface area contributed by atoms with Crippen molar-refractivity contribution in [1.29, 1.82) is 0 Å². The molecule has 254 valence electrons. The van der Waals surface area contributed by atoms with Crippen molar-refractivity contribution in [1.82, 2.24) is 0 Å². The monoisotopic (exact) mass is 637 g/mol. The van der Waals surface area contributed by atoms with E-state index in [4.69, 9.17) is 48.0 Å². The third-order valence-corrected chi connectivity index (χ3v) is 13.2. The van der Waals surface area contributed by atoms with Gasteiger partial charge < -0.3 is 33.6 Å². The van der Waals surface area contributed by atoms with Gasteiger partial charge in [-0.15, -0.1) is 0 Å². The van der Waals surface area contributed by atoms with Crippen LogP contribution in [0.3, 0.4) is 0 Å². The van der Waals surface area contributed by atoms with Gasteiger partial charge in [0.2, 0.25) is 11.6 Å². The van der Waals surface area contributed by atoms with Crippen LogP contribution in [0.2, 0.25) is 0 Å². The summed E-state index contributed by atoms with van der Waals surface area (Å²) in [6, 6.07) is 0.